The predicted octanol–water partition coefficient (Wildman–Crippen LogP) is 3.59. The highest BCUT2D eigenvalue weighted by Crippen LogP contribution is 2.30. The highest BCUT2D eigenvalue weighted by Gasteiger charge is 2.18. The zero-order valence-corrected chi connectivity index (χ0v) is 13.9. The minimum absolute atomic E-state index is 0.0553. The first-order valence-corrected chi connectivity index (χ1v) is 8.23. The largest absolute Gasteiger partial charge is 0.407 e. The van der Waals surface area contributed by atoms with Crippen LogP contribution < -0.4 is 10.6 Å². The van der Waals surface area contributed by atoms with Crippen LogP contribution in [0.5, 0.6) is 0 Å². The minimum Gasteiger partial charge on any atom is -0.407 e. The molecule has 5 heteroatoms. The molecule has 0 bridgehead atoms. The van der Waals surface area contributed by atoms with Crippen molar-refractivity contribution >= 4 is 6.01 Å². The van der Waals surface area contributed by atoms with Crippen LogP contribution in [0.1, 0.15) is 65.7 Å². The summed E-state index contributed by atoms with van der Waals surface area (Å²) < 4.78 is 5.59. The predicted molar refractivity (Wildman–Crippen MR) is 85.1 cm³/mol. The fourth-order valence-corrected chi connectivity index (χ4v) is 2.94. The van der Waals surface area contributed by atoms with E-state index in [1.54, 1.807) is 0 Å². The number of aromatic nitrogens is 2. The molecule has 0 aromatic carbocycles. The SMILES string of the molecule is CC1CCCC(CCNc2nnc(CNC(C)(C)C)o2)C1. The van der Waals surface area contributed by atoms with Crippen LogP contribution in [0.25, 0.3) is 0 Å². The Kier molecular flexibility index (Phi) is 5.62. The molecule has 0 saturated heterocycles. The molecular formula is C16H30N4O. The zero-order valence-electron chi connectivity index (χ0n) is 13.9. The van der Waals surface area contributed by atoms with Gasteiger partial charge in [0, 0.05) is 12.1 Å². The second kappa shape index (κ2) is 7.25. The first kappa shape index (κ1) is 16.3. The Balaban J connectivity index is 1.68. The third-order valence-electron chi connectivity index (χ3n) is 4.11. The lowest BCUT2D eigenvalue weighted by atomic mass is 9.81. The highest BCUT2D eigenvalue weighted by molar-refractivity contribution is 5.16. The van der Waals surface area contributed by atoms with E-state index in [2.05, 4.69) is 48.5 Å². The van der Waals surface area contributed by atoms with Crippen LogP contribution in [0, 0.1) is 11.8 Å². The summed E-state index contributed by atoms with van der Waals surface area (Å²) in [6, 6.07) is 0.546. The molecule has 1 saturated carbocycles. The van der Waals surface area contributed by atoms with Crippen molar-refractivity contribution in [2.75, 3.05) is 11.9 Å². The minimum atomic E-state index is 0.0553. The van der Waals surface area contributed by atoms with E-state index in [9.17, 15) is 0 Å². The number of rotatable bonds is 6. The van der Waals surface area contributed by atoms with Gasteiger partial charge < -0.3 is 15.1 Å². The molecule has 1 aromatic rings. The third-order valence-corrected chi connectivity index (χ3v) is 4.11. The summed E-state index contributed by atoms with van der Waals surface area (Å²) in [6.07, 6.45) is 6.72. The molecule has 0 amide bonds. The normalized spacial score (nSPS) is 23.2. The molecular weight excluding hydrogens is 264 g/mol. The molecule has 5 nitrogen and oxygen atoms in total. The zero-order chi connectivity index (χ0) is 15.3. The van der Waals surface area contributed by atoms with Gasteiger partial charge in [-0.25, -0.2) is 0 Å². The summed E-state index contributed by atoms with van der Waals surface area (Å²) in [5, 5.41) is 14.7. The fraction of sp³-hybridized carbons (Fsp3) is 0.875. The molecule has 1 aliphatic rings. The molecule has 120 valence electrons. The van der Waals surface area contributed by atoms with Crippen molar-refractivity contribution in [1.29, 1.82) is 0 Å². The molecule has 2 N–H and O–H groups in total. The van der Waals surface area contributed by atoms with E-state index in [0.29, 0.717) is 18.5 Å². The maximum atomic E-state index is 5.59. The third kappa shape index (κ3) is 6.04. The van der Waals surface area contributed by atoms with Crippen LogP contribution in [-0.2, 0) is 6.54 Å². The van der Waals surface area contributed by atoms with E-state index in [1.165, 1.54) is 32.1 Å². The van der Waals surface area contributed by atoms with Crippen molar-refractivity contribution in [3.05, 3.63) is 5.89 Å². The fourth-order valence-electron chi connectivity index (χ4n) is 2.94. The molecule has 2 unspecified atom stereocenters. The first-order valence-electron chi connectivity index (χ1n) is 8.23. The van der Waals surface area contributed by atoms with Gasteiger partial charge in [-0.15, -0.1) is 5.10 Å². The number of hydrogen-bond acceptors (Lipinski definition) is 5. The van der Waals surface area contributed by atoms with Gasteiger partial charge in [-0.3, -0.25) is 0 Å². The summed E-state index contributed by atoms with van der Waals surface area (Å²) in [5.74, 6) is 2.38. The standard InChI is InChI=1S/C16H30N4O/c1-12-6-5-7-13(10-12)8-9-17-15-20-19-14(21-15)11-18-16(2,3)4/h12-13,18H,5-11H2,1-4H3,(H,17,20). The van der Waals surface area contributed by atoms with E-state index >= 15 is 0 Å². The van der Waals surface area contributed by atoms with Gasteiger partial charge in [0.15, 0.2) is 0 Å². The molecule has 21 heavy (non-hydrogen) atoms. The lowest BCUT2D eigenvalue weighted by Gasteiger charge is -2.26. The Morgan fingerprint density at radius 2 is 2.05 bits per heavy atom. The van der Waals surface area contributed by atoms with E-state index in [4.69, 9.17) is 4.42 Å². The Morgan fingerprint density at radius 3 is 2.76 bits per heavy atom. The second-order valence-corrected chi connectivity index (χ2v) is 7.46. The Labute approximate surface area is 128 Å². The van der Waals surface area contributed by atoms with E-state index < -0.39 is 0 Å². The monoisotopic (exact) mass is 294 g/mol. The average molecular weight is 294 g/mol. The van der Waals surface area contributed by atoms with Gasteiger partial charge in [0.2, 0.25) is 5.89 Å². The van der Waals surface area contributed by atoms with Gasteiger partial charge in [-0.1, -0.05) is 31.3 Å². The van der Waals surface area contributed by atoms with Crippen molar-refractivity contribution in [3.8, 4) is 0 Å². The number of hydrogen-bond donors (Lipinski definition) is 2. The van der Waals surface area contributed by atoms with E-state index in [-0.39, 0.29) is 5.54 Å². The van der Waals surface area contributed by atoms with Gasteiger partial charge in [0.25, 0.3) is 0 Å². The van der Waals surface area contributed by atoms with Gasteiger partial charge in [0.05, 0.1) is 6.54 Å². The molecule has 0 aliphatic heterocycles. The van der Waals surface area contributed by atoms with Crippen molar-refractivity contribution in [1.82, 2.24) is 15.5 Å². The number of nitrogens with zero attached hydrogens (tertiary/aromatic N) is 2. The van der Waals surface area contributed by atoms with Gasteiger partial charge in [0.1, 0.15) is 0 Å². The van der Waals surface area contributed by atoms with Crippen LogP contribution >= 0.6 is 0 Å². The molecule has 2 rings (SSSR count). The molecule has 2 atom stereocenters. The van der Waals surface area contributed by atoms with Gasteiger partial charge >= 0.3 is 6.01 Å². The Morgan fingerprint density at radius 1 is 1.24 bits per heavy atom. The van der Waals surface area contributed by atoms with Crippen LogP contribution in [0.15, 0.2) is 4.42 Å². The highest BCUT2D eigenvalue weighted by atomic mass is 16.4. The molecule has 1 aliphatic carbocycles. The summed E-state index contributed by atoms with van der Waals surface area (Å²) in [4.78, 5) is 0. The quantitative estimate of drug-likeness (QED) is 0.839. The Hall–Kier alpha value is -1.10. The molecule has 0 radical (unpaired) electrons. The molecule has 1 fully saturated rings. The van der Waals surface area contributed by atoms with Gasteiger partial charge in [-0.05, 0) is 45.4 Å². The molecule has 1 heterocycles. The number of anilines is 1. The van der Waals surface area contributed by atoms with Crippen molar-refractivity contribution in [3.63, 3.8) is 0 Å². The van der Waals surface area contributed by atoms with Crippen LogP contribution in [0.2, 0.25) is 0 Å². The van der Waals surface area contributed by atoms with E-state index in [1.807, 2.05) is 0 Å². The van der Waals surface area contributed by atoms with Crippen molar-refractivity contribution in [2.45, 2.75) is 71.9 Å². The number of nitrogens with one attached hydrogen (secondary N) is 2. The van der Waals surface area contributed by atoms with Crippen LogP contribution in [0.4, 0.5) is 6.01 Å². The summed E-state index contributed by atoms with van der Waals surface area (Å²) in [6.45, 7) is 10.3. The van der Waals surface area contributed by atoms with Gasteiger partial charge in [-0.2, -0.15) is 0 Å². The topological polar surface area (TPSA) is 63.0 Å². The summed E-state index contributed by atoms with van der Waals surface area (Å²) in [5.41, 5.74) is 0.0553. The van der Waals surface area contributed by atoms with Crippen LogP contribution in [0.3, 0.4) is 0 Å². The first-order chi connectivity index (χ1) is 9.92. The smallest absolute Gasteiger partial charge is 0.315 e. The lowest BCUT2D eigenvalue weighted by Crippen LogP contribution is -2.35. The lowest BCUT2D eigenvalue weighted by molar-refractivity contribution is 0.274. The molecule has 1 aromatic heterocycles. The summed E-state index contributed by atoms with van der Waals surface area (Å²) in [7, 11) is 0. The van der Waals surface area contributed by atoms with E-state index in [0.717, 1.165) is 18.4 Å². The van der Waals surface area contributed by atoms with Crippen LogP contribution in [-0.4, -0.2) is 22.3 Å². The second-order valence-electron chi connectivity index (χ2n) is 7.46. The average Bonchev–Trinajstić information content (AvgIpc) is 2.84. The maximum Gasteiger partial charge on any atom is 0.315 e. The summed E-state index contributed by atoms with van der Waals surface area (Å²) >= 11 is 0. The van der Waals surface area contributed by atoms with Crippen molar-refractivity contribution < 1.29 is 4.42 Å². The Bertz CT molecular complexity index is 424. The maximum absolute atomic E-state index is 5.59. The molecule has 0 spiro atoms. The van der Waals surface area contributed by atoms with Crippen molar-refractivity contribution in [2.24, 2.45) is 11.8 Å².